The highest BCUT2D eigenvalue weighted by molar-refractivity contribution is 6.17. The molecule has 3 nitrogen and oxygen atoms in total. The Morgan fingerprint density at radius 2 is 2.28 bits per heavy atom. The number of hydrogen-bond acceptors (Lipinski definition) is 2. The molecule has 100 valence electrons. The van der Waals surface area contributed by atoms with Gasteiger partial charge >= 0.3 is 0 Å². The molecular weight excluding hydrogens is 257 g/mol. The summed E-state index contributed by atoms with van der Waals surface area (Å²) in [5, 5.41) is 2.79. The van der Waals surface area contributed by atoms with E-state index in [1.165, 1.54) is 13.2 Å². The standard InChI is InChI=1S/C13H17ClFNO2/c1-9(16-13(17)4-3-7-14)10-5-6-12(18-2)11(15)8-10/h5-6,8-9H,3-4,7H2,1-2H3,(H,16,17). The van der Waals surface area contributed by atoms with E-state index in [1.807, 2.05) is 0 Å². The molecule has 0 saturated carbocycles. The lowest BCUT2D eigenvalue weighted by atomic mass is 10.1. The molecule has 1 N–H and O–H groups in total. The predicted molar refractivity (Wildman–Crippen MR) is 69.5 cm³/mol. The number of nitrogens with one attached hydrogen (secondary N) is 1. The van der Waals surface area contributed by atoms with Crippen LogP contribution >= 0.6 is 11.6 Å². The highest BCUT2D eigenvalue weighted by Crippen LogP contribution is 2.21. The summed E-state index contributed by atoms with van der Waals surface area (Å²) in [6.45, 7) is 1.81. The molecule has 1 aromatic rings. The van der Waals surface area contributed by atoms with E-state index in [9.17, 15) is 9.18 Å². The van der Waals surface area contributed by atoms with Crippen LogP contribution in [0.4, 0.5) is 4.39 Å². The van der Waals surface area contributed by atoms with Crippen LogP contribution in [0.25, 0.3) is 0 Å². The van der Waals surface area contributed by atoms with E-state index in [0.717, 1.165) is 0 Å². The lowest BCUT2D eigenvalue weighted by Crippen LogP contribution is -2.26. The zero-order valence-corrected chi connectivity index (χ0v) is 11.3. The van der Waals surface area contributed by atoms with Crippen molar-refractivity contribution < 1.29 is 13.9 Å². The SMILES string of the molecule is COc1ccc(C(C)NC(=O)CCCCl)cc1F. The highest BCUT2D eigenvalue weighted by Gasteiger charge is 2.11. The Balaban J connectivity index is 2.63. The maximum atomic E-state index is 13.5. The fraction of sp³-hybridized carbons (Fsp3) is 0.462. The number of amides is 1. The van der Waals surface area contributed by atoms with E-state index in [4.69, 9.17) is 16.3 Å². The Morgan fingerprint density at radius 3 is 2.83 bits per heavy atom. The first-order valence-electron chi connectivity index (χ1n) is 5.77. The lowest BCUT2D eigenvalue weighted by molar-refractivity contribution is -0.121. The molecule has 0 aliphatic rings. The van der Waals surface area contributed by atoms with Crippen molar-refractivity contribution >= 4 is 17.5 Å². The number of hydrogen-bond donors (Lipinski definition) is 1. The minimum Gasteiger partial charge on any atom is -0.494 e. The maximum Gasteiger partial charge on any atom is 0.220 e. The summed E-state index contributed by atoms with van der Waals surface area (Å²) >= 11 is 5.51. The molecule has 0 aliphatic heterocycles. The van der Waals surface area contributed by atoms with Gasteiger partial charge in [-0.25, -0.2) is 4.39 Å². The third kappa shape index (κ3) is 4.18. The first kappa shape index (κ1) is 14.8. The minimum atomic E-state index is -0.433. The summed E-state index contributed by atoms with van der Waals surface area (Å²) in [7, 11) is 1.41. The van der Waals surface area contributed by atoms with Crippen molar-refractivity contribution in [1.82, 2.24) is 5.32 Å². The fourth-order valence-electron chi connectivity index (χ4n) is 1.58. The molecule has 0 bridgehead atoms. The van der Waals surface area contributed by atoms with Crippen LogP contribution < -0.4 is 10.1 Å². The summed E-state index contributed by atoms with van der Waals surface area (Å²) in [5.74, 6) is 0.134. The van der Waals surface area contributed by atoms with Gasteiger partial charge in [-0.05, 0) is 31.0 Å². The topological polar surface area (TPSA) is 38.3 Å². The molecule has 0 aromatic heterocycles. The van der Waals surface area contributed by atoms with E-state index in [0.29, 0.717) is 24.3 Å². The Labute approximate surface area is 111 Å². The van der Waals surface area contributed by atoms with Gasteiger partial charge in [0.15, 0.2) is 11.6 Å². The van der Waals surface area contributed by atoms with Crippen molar-refractivity contribution in [3.63, 3.8) is 0 Å². The Bertz CT molecular complexity index is 412. The van der Waals surface area contributed by atoms with Crippen LogP contribution in [0.1, 0.15) is 31.4 Å². The molecular formula is C13H17ClFNO2. The van der Waals surface area contributed by atoms with Crippen molar-refractivity contribution in [2.24, 2.45) is 0 Å². The second kappa shape index (κ2) is 7.21. The zero-order valence-electron chi connectivity index (χ0n) is 10.5. The Hall–Kier alpha value is -1.29. The van der Waals surface area contributed by atoms with Crippen LogP contribution in [-0.4, -0.2) is 18.9 Å². The summed E-state index contributed by atoms with van der Waals surface area (Å²) in [6, 6.07) is 4.40. The largest absolute Gasteiger partial charge is 0.494 e. The first-order chi connectivity index (χ1) is 8.58. The molecule has 0 aliphatic carbocycles. The van der Waals surface area contributed by atoms with Gasteiger partial charge in [0.25, 0.3) is 0 Å². The van der Waals surface area contributed by atoms with Gasteiger partial charge in [0.05, 0.1) is 13.2 Å². The molecule has 0 spiro atoms. The van der Waals surface area contributed by atoms with E-state index < -0.39 is 5.82 Å². The van der Waals surface area contributed by atoms with Crippen molar-refractivity contribution in [1.29, 1.82) is 0 Å². The van der Waals surface area contributed by atoms with Gasteiger partial charge in [-0.1, -0.05) is 6.07 Å². The molecule has 1 amide bonds. The van der Waals surface area contributed by atoms with E-state index >= 15 is 0 Å². The number of carbonyl (C=O) groups excluding carboxylic acids is 1. The summed E-state index contributed by atoms with van der Waals surface area (Å²) in [6.07, 6.45) is 1.02. The Kier molecular flexibility index (Phi) is 5.92. The minimum absolute atomic E-state index is 0.0839. The average Bonchev–Trinajstić information content (AvgIpc) is 2.36. The number of benzene rings is 1. The van der Waals surface area contributed by atoms with Gasteiger partial charge in [0, 0.05) is 12.3 Å². The third-order valence-corrected chi connectivity index (χ3v) is 2.86. The number of carbonyl (C=O) groups is 1. The number of halogens is 2. The van der Waals surface area contributed by atoms with Crippen molar-refractivity contribution in [2.45, 2.75) is 25.8 Å². The second-order valence-electron chi connectivity index (χ2n) is 3.98. The molecule has 0 radical (unpaired) electrons. The van der Waals surface area contributed by atoms with Crippen LogP contribution in [-0.2, 0) is 4.79 Å². The molecule has 5 heteroatoms. The van der Waals surface area contributed by atoms with Crippen LogP contribution in [0, 0.1) is 5.82 Å². The second-order valence-corrected chi connectivity index (χ2v) is 4.35. The third-order valence-electron chi connectivity index (χ3n) is 2.59. The monoisotopic (exact) mass is 273 g/mol. The number of alkyl halides is 1. The molecule has 1 rings (SSSR count). The highest BCUT2D eigenvalue weighted by atomic mass is 35.5. The molecule has 1 atom stereocenters. The van der Waals surface area contributed by atoms with Crippen molar-refractivity contribution in [3.05, 3.63) is 29.6 Å². The molecule has 0 fully saturated rings. The van der Waals surface area contributed by atoms with E-state index in [-0.39, 0.29) is 17.7 Å². The average molecular weight is 274 g/mol. The van der Waals surface area contributed by atoms with Crippen LogP contribution in [0.15, 0.2) is 18.2 Å². The zero-order chi connectivity index (χ0) is 13.5. The normalized spacial score (nSPS) is 12.0. The van der Waals surface area contributed by atoms with Crippen molar-refractivity contribution in [3.8, 4) is 5.75 Å². The fourth-order valence-corrected chi connectivity index (χ4v) is 1.71. The van der Waals surface area contributed by atoms with Gasteiger partial charge in [0.2, 0.25) is 5.91 Å². The lowest BCUT2D eigenvalue weighted by Gasteiger charge is -2.15. The molecule has 0 saturated heterocycles. The van der Waals surface area contributed by atoms with Crippen LogP contribution in [0.5, 0.6) is 5.75 Å². The predicted octanol–water partition coefficient (Wildman–Crippen LogP) is 3.03. The molecule has 18 heavy (non-hydrogen) atoms. The van der Waals surface area contributed by atoms with Gasteiger partial charge in [-0.15, -0.1) is 11.6 Å². The first-order valence-corrected chi connectivity index (χ1v) is 6.30. The number of rotatable bonds is 6. The van der Waals surface area contributed by atoms with Gasteiger partial charge in [-0.2, -0.15) is 0 Å². The van der Waals surface area contributed by atoms with Gasteiger partial charge < -0.3 is 10.1 Å². The number of methoxy groups -OCH3 is 1. The van der Waals surface area contributed by atoms with Crippen LogP contribution in [0.2, 0.25) is 0 Å². The molecule has 1 aromatic carbocycles. The smallest absolute Gasteiger partial charge is 0.220 e. The maximum absolute atomic E-state index is 13.5. The quantitative estimate of drug-likeness (QED) is 0.809. The summed E-state index contributed by atoms with van der Waals surface area (Å²) in [5.41, 5.74) is 0.701. The molecule has 0 heterocycles. The van der Waals surface area contributed by atoms with Gasteiger partial charge in [-0.3, -0.25) is 4.79 Å². The molecule has 1 unspecified atom stereocenters. The van der Waals surface area contributed by atoms with E-state index in [2.05, 4.69) is 5.32 Å². The van der Waals surface area contributed by atoms with Gasteiger partial charge in [0.1, 0.15) is 0 Å². The summed E-state index contributed by atoms with van der Waals surface area (Å²) < 4.78 is 18.3. The number of ether oxygens (including phenoxy) is 1. The van der Waals surface area contributed by atoms with E-state index in [1.54, 1.807) is 19.1 Å². The Morgan fingerprint density at radius 1 is 1.56 bits per heavy atom. The van der Waals surface area contributed by atoms with Crippen molar-refractivity contribution in [2.75, 3.05) is 13.0 Å². The van der Waals surface area contributed by atoms with Crippen LogP contribution in [0.3, 0.4) is 0 Å². The summed E-state index contributed by atoms with van der Waals surface area (Å²) in [4.78, 5) is 11.5.